The van der Waals surface area contributed by atoms with Gasteiger partial charge in [0.05, 0.1) is 12.3 Å². The molecule has 1 amide bonds. The number of aromatic hydroxyl groups is 1. The van der Waals surface area contributed by atoms with E-state index in [1.807, 2.05) is 12.1 Å². The fraction of sp³-hybridized carbons (Fsp3) is 0.200. The van der Waals surface area contributed by atoms with Crippen LogP contribution >= 0.6 is 0 Å². The van der Waals surface area contributed by atoms with Crippen LogP contribution in [0.5, 0.6) is 5.75 Å². The van der Waals surface area contributed by atoms with Crippen LogP contribution < -0.4 is 0 Å². The Bertz CT molecular complexity index is 662. The van der Waals surface area contributed by atoms with Crippen LogP contribution in [0.15, 0.2) is 52.2 Å². The number of phenols is 1. The number of hydrazone groups is 1. The molecule has 0 saturated carbocycles. The number of para-hydroxylation sites is 1. The Hall–Kier alpha value is -2.56. The van der Waals surface area contributed by atoms with E-state index in [1.54, 1.807) is 30.5 Å². The zero-order valence-corrected chi connectivity index (χ0v) is 11.0. The molecule has 1 aliphatic rings. The van der Waals surface area contributed by atoms with Crippen LogP contribution in [0.3, 0.4) is 0 Å². The maximum absolute atomic E-state index is 11.8. The highest BCUT2D eigenvalue weighted by Crippen LogP contribution is 2.36. The van der Waals surface area contributed by atoms with Crippen LogP contribution in [0.4, 0.5) is 0 Å². The van der Waals surface area contributed by atoms with Crippen LogP contribution in [0.2, 0.25) is 0 Å². The molecule has 1 aliphatic heterocycles. The maximum atomic E-state index is 11.8. The van der Waals surface area contributed by atoms with Crippen molar-refractivity contribution in [1.82, 2.24) is 5.01 Å². The average Bonchev–Trinajstić information content (AvgIpc) is 3.08. The lowest BCUT2D eigenvalue weighted by molar-refractivity contribution is -0.130. The van der Waals surface area contributed by atoms with Gasteiger partial charge in [0.25, 0.3) is 0 Å². The molecule has 1 unspecified atom stereocenters. The molecule has 3 rings (SSSR count). The molecule has 1 aromatic carbocycles. The Morgan fingerprint density at radius 2 is 2.15 bits per heavy atom. The van der Waals surface area contributed by atoms with Gasteiger partial charge in [-0.3, -0.25) is 4.79 Å². The van der Waals surface area contributed by atoms with Gasteiger partial charge in [-0.1, -0.05) is 18.2 Å². The average molecular weight is 270 g/mol. The molecular formula is C15H14N2O3. The van der Waals surface area contributed by atoms with Crippen molar-refractivity contribution in [2.75, 3.05) is 0 Å². The Morgan fingerprint density at radius 3 is 2.80 bits per heavy atom. The third-order valence-corrected chi connectivity index (χ3v) is 3.33. The lowest BCUT2D eigenvalue weighted by atomic mass is 10.00. The third-order valence-electron chi connectivity index (χ3n) is 3.33. The second-order valence-corrected chi connectivity index (χ2v) is 4.67. The fourth-order valence-corrected chi connectivity index (χ4v) is 2.40. The summed E-state index contributed by atoms with van der Waals surface area (Å²) in [4.78, 5) is 11.8. The van der Waals surface area contributed by atoms with Crippen LogP contribution in [0, 0.1) is 0 Å². The quantitative estimate of drug-likeness (QED) is 0.912. The number of carbonyl (C=O) groups is 1. The molecule has 20 heavy (non-hydrogen) atoms. The summed E-state index contributed by atoms with van der Waals surface area (Å²) in [5, 5.41) is 15.7. The molecule has 1 atom stereocenters. The van der Waals surface area contributed by atoms with Crippen molar-refractivity contribution in [2.24, 2.45) is 5.10 Å². The standard InChI is InChI=1S/C15H14N2O3/c1-10(18)17-13(11-5-2-3-6-14(11)19)9-12(16-17)15-7-4-8-20-15/h2-8,13,19H,9H2,1H3. The molecule has 5 heteroatoms. The highest BCUT2D eigenvalue weighted by Gasteiger charge is 2.33. The molecule has 0 bridgehead atoms. The van der Waals surface area contributed by atoms with E-state index in [2.05, 4.69) is 5.10 Å². The van der Waals surface area contributed by atoms with Gasteiger partial charge >= 0.3 is 0 Å². The van der Waals surface area contributed by atoms with Gasteiger partial charge < -0.3 is 9.52 Å². The normalized spacial score (nSPS) is 18.1. The summed E-state index contributed by atoms with van der Waals surface area (Å²) in [5.41, 5.74) is 1.39. The third kappa shape index (κ3) is 2.07. The summed E-state index contributed by atoms with van der Waals surface area (Å²) >= 11 is 0. The molecule has 102 valence electrons. The molecule has 0 radical (unpaired) electrons. The maximum Gasteiger partial charge on any atom is 0.240 e. The summed E-state index contributed by atoms with van der Waals surface area (Å²) in [6.45, 7) is 1.46. The molecule has 0 aliphatic carbocycles. The molecule has 0 spiro atoms. The molecule has 1 N–H and O–H groups in total. The molecule has 2 aromatic rings. The Balaban J connectivity index is 1.98. The van der Waals surface area contributed by atoms with Crippen molar-refractivity contribution < 1.29 is 14.3 Å². The number of carbonyl (C=O) groups excluding carboxylic acids is 1. The number of rotatable bonds is 2. The van der Waals surface area contributed by atoms with E-state index in [1.165, 1.54) is 11.9 Å². The Morgan fingerprint density at radius 1 is 1.35 bits per heavy atom. The largest absolute Gasteiger partial charge is 0.508 e. The number of hydrogen-bond acceptors (Lipinski definition) is 4. The van der Waals surface area contributed by atoms with Crippen LogP contribution in [0.25, 0.3) is 0 Å². The van der Waals surface area contributed by atoms with E-state index >= 15 is 0 Å². The smallest absolute Gasteiger partial charge is 0.240 e. The molecule has 5 nitrogen and oxygen atoms in total. The highest BCUT2D eigenvalue weighted by atomic mass is 16.3. The minimum atomic E-state index is -0.297. The number of benzene rings is 1. The monoisotopic (exact) mass is 270 g/mol. The Kier molecular flexibility index (Phi) is 3.02. The highest BCUT2D eigenvalue weighted by molar-refractivity contribution is 6.01. The van der Waals surface area contributed by atoms with Gasteiger partial charge in [0.15, 0.2) is 0 Å². The van der Waals surface area contributed by atoms with Gasteiger partial charge in [0.2, 0.25) is 5.91 Å². The van der Waals surface area contributed by atoms with Gasteiger partial charge in [0.1, 0.15) is 17.2 Å². The fourth-order valence-electron chi connectivity index (χ4n) is 2.40. The predicted molar refractivity (Wildman–Crippen MR) is 73.2 cm³/mol. The van der Waals surface area contributed by atoms with Crippen LogP contribution in [-0.4, -0.2) is 21.7 Å². The van der Waals surface area contributed by atoms with Crippen molar-refractivity contribution in [2.45, 2.75) is 19.4 Å². The van der Waals surface area contributed by atoms with E-state index in [0.717, 1.165) is 0 Å². The SMILES string of the molecule is CC(=O)N1N=C(c2ccco2)CC1c1ccccc1O. The number of nitrogens with zero attached hydrogens (tertiary/aromatic N) is 2. The van der Waals surface area contributed by atoms with E-state index < -0.39 is 0 Å². The second kappa shape index (κ2) is 4.85. The van der Waals surface area contributed by atoms with E-state index in [-0.39, 0.29) is 17.7 Å². The van der Waals surface area contributed by atoms with E-state index in [9.17, 15) is 9.90 Å². The predicted octanol–water partition coefficient (Wildman–Crippen LogP) is 2.68. The number of furan rings is 1. The Labute approximate surface area is 116 Å². The van der Waals surface area contributed by atoms with Gasteiger partial charge in [-0.15, -0.1) is 0 Å². The van der Waals surface area contributed by atoms with Gasteiger partial charge in [-0.05, 0) is 18.2 Å². The molecule has 1 aromatic heterocycles. The first-order valence-electron chi connectivity index (χ1n) is 6.36. The van der Waals surface area contributed by atoms with E-state index in [4.69, 9.17) is 4.42 Å². The van der Waals surface area contributed by atoms with Crippen molar-refractivity contribution in [3.8, 4) is 5.75 Å². The lowest BCUT2D eigenvalue weighted by Crippen LogP contribution is -2.24. The summed E-state index contributed by atoms with van der Waals surface area (Å²) < 4.78 is 5.33. The molecule has 0 fully saturated rings. The summed E-state index contributed by atoms with van der Waals surface area (Å²) in [5.74, 6) is 0.647. The minimum absolute atomic E-state index is 0.166. The van der Waals surface area contributed by atoms with Crippen LogP contribution in [-0.2, 0) is 4.79 Å². The molecule has 2 heterocycles. The van der Waals surface area contributed by atoms with Crippen molar-refractivity contribution in [3.05, 3.63) is 54.0 Å². The minimum Gasteiger partial charge on any atom is -0.508 e. The van der Waals surface area contributed by atoms with Gasteiger partial charge in [-0.25, -0.2) is 5.01 Å². The topological polar surface area (TPSA) is 66.0 Å². The second-order valence-electron chi connectivity index (χ2n) is 4.67. The number of amides is 1. The van der Waals surface area contributed by atoms with Crippen molar-refractivity contribution >= 4 is 11.6 Å². The van der Waals surface area contributed by atoms with Crippen molar-refractivity contribution in [1.29, 1.82) is 0 Å². The first-order valence-corrected chi connectivity index (χ1v) is 6.36. The van der Waals surface area contributed by atoms with Crippen LogP contribution in [0.1, 0.15) is 30.7 Å². The van der Waals surface area contributed by atoms with Crippen molar-refractivity contribution in [3.63, 3.8) is 0 Å². The van der Waals surface area contributed by atoms with E-state index in [0.29, 0.717) is 23.5 Å². The molecule has 0 saturated heterocycles. The van der Waals surface area contributed by atoms with Gasteiger partial charge in [0, 0.05) is 18.9 Å². The molecular weight excluding hydrogens is 256 g/mol. The number of phenolic OH excluding ortho intramolecular Hbond substituents is 1. The lowest BCUT2D eigenvalue weighted by Gasteiger charge is -2.21. The first-order chi connectivity index (χ1) is 9.66. The first kappa shape index (κ1) is 12.5. The zero-order chi connectivity index (χ0) is 14.1. The van der Waals surface area contributed by atoms with Gasteiger partial charge in [-0.2, -0.15) is 5.10 Å². The summed E-state index contributed by atoms with van der Waals surface area (Å²) in [6.07, 6.45) is 2.09. The number of hydrogen-bond donors (Lipinski definition) is 1. The summed E-state index contributed by atoms with van der Waals surface area (Å²) in [6, 6.07) is 10.3. The summed E-state index contributed by atoms with van der Waals surface area (Å²) in [7, 11) is 0. The zero-order valence-electron chi connectivity index (χ0n) is 11.0.